The number of nitrogens with zero attached hydrogens (tertiary/aromatic N) is 2. The van der Waals surface area contributed by atoms with Crippen LogP contribution in [0.15, 0.2) is 60.0 Å². The summed E-state index contributed by atoms with van der Waals surface area (Å²) in [7, 11) is 1.66. The average molecular weight is 391 g/mol. The lowest BCUT2D eigenvalue weighted by atomic mass is 10.2. The Morgan fingerprint density at radius 2 is 1.93 bits per heavy atom. The Labute approximate surface area is 168 Å². The van der Waals surface area contributed by atoms with E-state index in [2.05, 4.69) is 33.1 Å². The quantitative estimate of drug-likeness (QED) is 0.442. The molecule has 0 fully saturated rings. The van der Waals surface area contributed by atoms with Gasteiger partial charge in [-0.05, 0) is 54.6 Å². The molecule has 4 rings (SSSR count). The van der Waals surface area contributed by atoms with Crippen molar-refractivity contribution in [3.05, 3.63) is 70.4 Å². The van der Waals surface area contributed by atoms with Crippen molar-refractivity contribution in [2.24, 2.45) is 0 Å². The van der Waals surface area contributed by atoms with Gasteiger partial charge in [-0.1, -0.05) is 24.3 Å². The number of anilines is 3. The molecule has 0 amide bonds. The molecule has 2 N–H and O–H groups in total. The van der Waals surface area contributed by atoms with E-state index in [1.54, 1.807) is 18.4 Å². The number of thiophene rings is 1. The molecule has 28 heavy (non-hydrogen) atoms. The van der Waals surface area contributed by atoms with Crippen LogP contribution in [0.5, 0.6) is 5.75 Å². The van der Waals surface area contributed by atoms with Gasteiger partial charge < -0.3 is 15.4 Å². The number of nitrogens with one attached hydrogen (secondary N) is 2. The van der Waals surface area contributed by atoms with Crippen LogP contribution in [0, 0.1) is 6.92 Å². The van der Waals surface area contributed by atoms with Crippen molar-refractivity contribution in [3.8, 4) is 5.75 Å². The van der Waals surface area contributed by atoms with Crippen LogP contribution in [0.3, 0.4) is 0 Å². The van der Waals surface area contributed by atoms with Gasteiger partial charge in [-0.3, -0.25) is 0 Å². The van der Waals surface area contributed by atoms with Crippen LogP contribution in [0.4, 0.5) is 17.5 Å². The van der Waals surface area contributed by atoms with E-state index >= 15 is 0 Å². The lowest BCUT2D eigenvalue weighted by Crippen LogP contribution is -2.08. The highest BCUT2D eigenvalue weighted by molar-refractivity contribution is 7.09. The van der Waals surface area contributed by atoms with E-state index < -0.39 is 0 Å². The molecular formula is C22H22N4OS. The van der Waals surface area contributed by atoms with Gasteiger partial charge in [0.05, 0.1) is 18.3 Å². The van der Waals surface area contributed by atoms with E-state index in [1.807, 2.05) is 49.4 Å². The van der Waals surface area contributed by atoms with Crippen molar-refractivity contribution in [1.29, 1.82) is 0 Å². The minimum absolute atomic E-state index is 0.543. The summed E-state index contributed by atoms with van der Waals surface area (Å²) in [5.41, 5.74) is 2.88. The summed E-state index contributed by atoms with van der Waals surface area (Å²) in [6.45, 7) is 2.86. The predicted molar refractivity (Wildman–Crippen MR) is 117 cm³/mol. The normalized spacial score (nSPS) is 10.8. The number of aromatic nitrogens is 2. The number of hydrogen-bond donors (Lipinski definition) is 2. The van der Waals surface area contributed by atoms with Crippen molar-refractivity contribution >= 4 is 39.7 Å². The molecule has 2 aromatic heterocycles. The Balaban J connectivity index is 1.63. The molecular weight excluding hydrogens is 368 g/mol. The topological polar surface area (TPSA) is 59.1 Å². The Kier molecular flexibility index (Phi) is 5.39. The van der Waals surface area contributed by atoms with Crippen LogP contribution in [0.1, 0.15) is 10.4 Å². The zero-order chi connectivity index (χ0) is 19.3. The third-order valence-corrected chi connectivity index (χ3v) is 5.38. The van der Waals surface area contributed by atoms with Gasteiger partial charge in [-0.15, -0.1) is 11.3 Å². The minimum Gasteiger partial charge on any atom is -0.495 e. The molecule has 0 radical (unpaired) electrons. The van der Waals surface area contributed by atoms with E-state index in [0.717, 1.165) is 46.7 Å². The first-order chi connectivity index (χ1) is 13.7. The lowest BCUT2D eigenvalue weighted by molar-refractivity contribution is 0.416. The number of methoxy groups -OCH3 is 1. The number of aryl methyl sites for hydroxylation is 1. The van der Waals surface area contributed by atoms with Crippen molar-refractivity contribution in [2.45, 2.75) is 13.3 Å². The van der Waals surface area contributed by atoms with E-state index in [-0.39, 0.29) is 0 Å². The molecule has 2 aromatic carbocycles. The van der Waals surface area contributed by atoms with Crippen molar-refractivity contribution < 1.29 is 4.74 Å². The Morgan fingerprint density at radius 1 is 1.04 bits per heavy atom. The van der Waals surface area contributed by atoms with Gasteiger partial charge in [0.2, 0.25) is 5.95 Å². The van der Waals surface area contributed by atoms with Gasteiger partial charge in [-0.25, -0.2) is 4.98 Å². The first kappa shape index (κ1) is 18.3. The first-order valence-electron chi connectivity index (χ1n) is 9.17. The van der Waals surface area contributed by atoms with E-state index in [9.17, 15) is 0 Å². The van der Waals surface area contributed by atoms with Gasteiger partial charge >= 0.3 is 0 Å². The highest BCUT2D eigenvalue weighted by Crippen LogP contribution is 2.29. The molecule has 2 heterocycles. The van der Waals surface area contributed by atoms with E-state index in [1.165, 1.54) is 4.88 Å². The molecule has 0 saturated carbocycles. The van der Waals surface area contributed by atoms with Gasteiger partial charge in [0, 0.05) is 16.8 Å². The molecule has 0 aliphatic rings. The highest BCUT2D eigenvalue weighted by Gasteiger charge is 2.10. The molecule has 0 saturated heterocycles. The second-order valence-corrected chi connectivity index (χ2v) is 7.53. The lowest BCUT2D eigenvalue weighted by Gasteiger charge is -2.14. The predicted octanol–water partition coefficient (Wildman–Crippen LogP) is 5.41. The second kappa shape index (κ2) is 8.27. The smallest absolute Gasteiger partial charge is 0.229 e. The SMILES string of the molecule is COc1ccc(C)cc1Nc1nc(NCCc2cccs2)c2ccccc2n1. The minimum atomic E-state index is 0.543. The molecule has 0 aliphatic carbocycles. The number of ether oxygens (including phenoxy) is 1. The summed E-state index contributed by atoms with van der Waals surface area (Å²) >= 11 is 1.77. The van der Waals surface area contributed by atoms with Gasteiger partial charge in [0.1, 0.15) is 11.6 Å². The summed E-state index contributed by atoms with van der Waals surface area (Å²) in [4.78, 5) is 10.8. The third kappa shape index (κ3) is 4.07. The fraction of sp³-hybridized carbons (Fsp3) is 0.182. The fourth-order valence-electron chi connectivity index (χ4n) is 3.07. The Bertz CT molecular complexity index is 1080. The van der Waals surface area contributed by atoms with Crippen LogP contribution in [-0.2, 0) is 6.42 Å². The maximum Gasteiger partial charge on any atom is 0.229 e. The summed E-state index contributed by atoms with van der Waals surface area (Å²) in [5.74, 6) is 2.13. The van der Waals surface area contributed by atoms with E-state index in [4.69, 9.17) is 9.72 Å². The van der Waals surface area contributed by atoms with Crippen molar-refractivity contribution in [2.75, 3.05) is 24.3 Å². The first-order valence-corrected chi connectivity index (χ1v) is 10.1. The number of fused-ring (bicyclic) bond motifs is 1. The summed E-state index contributed by atoms with van der Waals surface area (Å²) < 4.78 is 5.46. The summed E-state index contributed by atoms with van der Waals surface area (Å²) in [5, 5.41) is 9.91. The highest BCUT2D eigenvalue weighted by atomic mass is 32.1. The summed E-state index contributed by atoms with van der Waals surface area (Å²) in [6, 6.07) is 18.3. The second-order valence-electron chi connectivity index (χ2n) is 6.50. The largest absolute Gasteiger partial charge is 0.495 e. The molecule has 6 heteroatoms. The molecule has 0 spiro atoms. The molecule has 0 unspecified atom stereocenters. The van der Waals surface area contributed by atoms with Crippen LogP contribution in [0.2, 0.25) is 0 Å². The number of para-hydroxylation sites is 1. The number of hydrogen-bond acceptors (Lipinski definition) is 6. The Hall–Kier alpha value is -3.12. The zero-order valence-corrected chi connectivity index (χ0v) is 16.7. The van der Waals surface area contributed by atoms with Crippen LogP contribution < -0.4 is 15.4 Å². The molecule has 0 aliphatic heterocycles. The number of rotatable bonds is 7. The standard InChI is InChI=1S/C22H22N4OS/c1-15-9-10-20(27-2)19(14-15)25-22-24-18-8-4-3-7-17(18)21(26-22)23-12-11-16-6-5-13-28-16/h3-10,13-14H,11-12H2,1-2H3,(H2,23,24,25,26). The van der Waals surface area contributed by atoms with Gasteiger partial charge in [-0.2, -0.15) is 4.98 Å². The Morgan fingerprint density at radius 3 is 2.75 bits per heavy atom. The summed E-state index contributed by atoms with van der Waals surface area (Å²) in [6.07, 6.45) is 0.963. The average Bonchev–Trinajstić information content (AvgIpc) is 3.22. The van der Waals surface area contributed by atoms with Crippen LogP contribution in [-0.4, -0.2) is 23.6 Å². The van der Waals surface area contributed by atoms with Crippen LogP contribution in [0.25, 0.3) is 10.9 Å². The maximum atomic E-state index is 5.46. The van der Waals surface area contributed by atoms with Gasteiger partial charge in [0.15, 0.2) is 0 Å². The zero-order valence-electron chi connectivity index (χ0n) is 15.9. The fourth-order valence-corrected chi connectivity index (χ4v) is 3.78. The van der Waals surface area contributed by atoms with E-state index in [0.29, 0.717) is 5.95 Å². The molecule has 0 atom stereocenters. The third-order valence-electron chi connectivity index (χ3n) is 4.45. The molecule has 4 aromatic rings. The molecule has 5 nitrogen and oxygen atoms in total. The monoisotopic (exact) mass is 390 g/mol. The van der Waals surface area contributed by atoms with Crippen LogP contribution >= 0.6 is 11.3 Å². The molecule has 142 valence electrons. The van der Waals surface area contributed by atoms with Gasteiger partial charge in [0.25, 0.3) is 0 Å². The van der Waals surface area contributed by atoms with Crippen molar-refractivity contribution in [1.82, 2.24) is 9.97 Å². The maximum absolute atomic E-state index is 5.46. The molecule has 0 bridgehead atoms. The number of benzene rings is 2. The van der Waals surface area contributed by atoms with Crippen molar-refractivity contribution in [3.63, 3.8) is 0 Å².